The number of carbonyl (C=O) groups excluding carboxylic acids is 2. The van der Waals surface area contributed by atoms with Crippen molar-refractivity contribution in [2.45, 2.75) is 0 Å². The lowest BCUT2D eigenvalue weighted by Gasteiger charge is -2.05. The molecule has 1 heterocycles. The van der Waals surface area contributed by atoms with Gasteiger partial charge in [-0.25, -0.2) is 4.98 Å². The third kappa shape index (κ3) is 3.78. The smallest absolute Gasteiger partial charge is 0.268 e. The highest BCUT2D eigenvalue weighted by Crippen LogP contribution is 2.15. The molecule has 0 spiro atoms. The molecule has 0 fully saturated rings. The molecular formula is C12H11N3O3S. The standard InChI is InChI=1S/C12H11N3O3S/c13-11(17)9-7-19-12(14-9)15-10(16)6-18-8-4-2-1-3-5-8/h1-5,7H,6H2,(H2,13,17)(H,14,15,16). The number of primary amides is 1. The second-order valence-electron chi connectivity index (χ2n) is 3.55. The van der Waals surface area contributed by atoms with Gasteiger partial charge in [0.1, 0.15) is 11.4 Å². The fourth-order valence-corrected chi connectivity index (χ4v) is 1.98. The number of benzene rings is 1. The van der Waals surface area contributed by atoms with E-state index in [0.29, 0.717) is 10.9 Å². The number of nitrogens with zero attached hydrogens (tertiary/aromatic N) is 1. The topological polar surface area (TPSA) is 94.3 Å². The summed E-state index contributed by atoms with van der Waals surface area (Å²) in [6, 6.07) is 8.98. The van der Waals surface area contributed by atoms with Gasteiger partial charge in [-0.05, 0) is 12.1 Å². The van der Waals surface area contributed by atoms with Gasteiger partial charge in [-0.1, -0.05) is 18.2 Å². The van der Waals surface area contributed by atoms with Crippen LogP contribution in [0.15, 0.2) is 35.7 Å². The van der Waals surface area contributed by atoms with Crippen LogP contribution in [0, 0.1) is 0 Å². The van der Waals surface area contributed by atoms with Gasteiger partial charge in [0.25, 0.3) is 11.8 Å². The molecule has 2 amide bonds. The largest absolute Gasteiger partial charge is 0.484 e. The second kappa shape index (κ2) is 5.96. The maximum Gasteiger partial charge on any atom is 0.268 e. The number of nitrogens with two attached hydrogens (primary N) is 1. The normalized spacial score (nSPS) is 9.89. The number of thiazole rings is 1. The lowest BCUT2D eigenvalue weighted by atomic mass is 10.3. The molecule has 0 aliphatic rings. The number of para-hydroxylation sites is 1. The van der Waals surface area contributed by atoms with Crippen LogP contribution in [-0.4, -0.2) is 23.4 Å². The first-order valence-electron chi connectivity index (χ1n) is 5.38. The Hall–Kier alpha value is -2.41. The molecule has 0 radical (unpaired) electrons. The summed E-state index contributed by atoms with van der Waals surface area (Å²) in [5, 5.41) is 4.32. The van der Waals surface area contributed by atoms with Crippen molar-refractivity contribution in [2.75, 3.05) is 11.9 Å². The fourth-order valence-electron chi connectivity index (χ4n) is 1.27. The molecule has 3 N–H and O–H groups in total. The molecule has 2 rings (SSSR count). The van der Waals surface area contributed by atoms with Crippen molar-refractivity contribution in [3.63, 3.8) is 0 Å². The molecule has 0 bridgehead atoms. The van der Waals surface area contributed by atoms with Crippen molar-refractivity contribution >= 4 is 28.3 Å². The molecule has 1 aromatic carbocycles. The Morgan fingerprint density at radius 3 is 2.68 bits per heavy atom. The number of nitrogens with one attached hydrogen (secondary N) is 1. The number of carbonyl (C=O) groups is 2. The number of anilines is 1. The van der Waals surface area contributed by atoms with E-state index >= 15 is 0 Å². The maximum absolute atomic E-state index is 11.6. The molecule has 0 atom stereocenters. The van der Waals surface area contributed by atoms with Gasteiger partial charge in [0.05, 0.1) is 0 Å². The lowest BCUT2D eigenvalue weighted by molar-refractivity contribution is -0.118. The number of ether oxygens (including phenoxy) is 1. The first-order chi connectivity index (χ1) is 9.15. The van der Waals surface area contributed by atoms with E-state index in [-0.39, 0.29) is 18.2 Å². The van der Waals surface area contributed by atoms with Crippen LogP contribution in [0.25, 0.3) is 0 Å². The highest BCUT2D eigenvalue weighted by atomic mass is 32.1. The number of hydrogen-bond donors (Lipinski definition) is 2. The van der Waals surface area contributed by atoms with Crippen LogP contribution in [0.5, 0.6) is 5.75 Å². The molecule has 98 valence electrons. The quantitative estimate of drug-likeness (QED) is 0.860. The van der Waals surface area contributed by atoms with Gasteiger partial charge in [-0.2, -0.15) is 0 Å². The van der Waals surface area contributed by atoms with Crippen LogP contribution < -0.4 is 15.8 Å². The van der Waals surface area contributed by atoms with E-state index in [1.807, 2.05) is 18.2 Å². The molecule has 7 heteroatoms. The first-order valence-corrected chi connectivity index (χ1v) is 6.26. The lowest BCUT2D eigenvalue weighted by Crippen LogP contribution is -2.20. The molecule has 0 aliphatic carbocycles. The van der Waals surface area contributed by atoms with Crippen molar-refractivity contribution in [2.24, 2.45) is 5.73 Å². The minimum Gasteiger partial charge on any atom is -0.484 e. The summed E-state index contributed by atoms with van der Waals surface area (Å²) in [6.07, 6.45) is 0. The number of hydrogen-bond acceptors (Lipinski definition) is 5. The van der Waals surface area contributed by atoms with Crippen LogP contribution in [-0.2, 0) is 4.79 Å². The molecular weight excluding hydrogens is 266 g/mol. The van der Waals surface area contributed by atoms with Gasteiger partial charge in [0.2, 0.25) is 0 Å². The minimum atomic E-state index is -0.628. The molecule has 0 aliphatic heterocycles. The fraction of sp³-hybridized carbons (Fsp3) is 0.0833. The summed E-state index contributed by atoms with van der Waals surface area (Å²) in [6.45, 7) is -0.129. The summed E-state index contributed by atoms with van der Waals surface area (Å²) < 4.78 is 5.27. The van der Waals surface area contributed by atoms with E-state index < -0.39 is 5.91 Å². The van der Waals surface area contributed by atoms with E-state index in [4.69, 9.17) is 10.5 Å². The Balaban J connectivity index is 1.85. The van der Waals surface area contributed by atoms with Crippen LogP contribution in [0.1, 0.15) is 10.5 Å². The van der Waals surface area contributed by atoms with Crippen LogP contribution >= 0.6 is 11.3 Å². The first kappa shape index (κ1) is 13.0. The summed E-state index contributed by atoms with van der Waals surface area (Å²) in [5.74, 6) is -0.374. The zero-order chi connectivity index (χ0) is 13.7. The van der Waals surface area contributed by atoms with Crippen molar-refractivity contribution < 1.29 is 14.3 Å². The highest BCUT2D eigenvalue weighted by molar-refractivity contribution is 7.14. The van der Waals surface area contributed by atoms with Crippen LogP contribution in [0.2, 0.25) is 0 Å². The van der Waals surface area contributed by atoms with Gasteiger partial charge < -0.3 is 10.5 Å². The van der Waals surface area contributed by atoms with E-state index in [0.717, 1.165) is 11.3 Å². The zero-order valence-electron chi connectivity index (χ0n) is 9.83. The highest BCUT2D eigenvalue weighted by Gasteiger charge is 2.09. The predicted octanol–water partition coefficient (Wildman–Crippen LogP) is 1.26. The summed E-state index contributed by atoms with van der Waals surface area (Å²) in [7, 11) is 0. The Labute approximate surface area is 113 Å². The summed E-state index contributed by atoms with van der Waals surface area (Å²) in [5.41, 5.74) is 5.19. The molecule has 2 aromatic rings. The Bertz CT molecular complexity index is 583. The predicted molar refractivity (Wildman–Crippen MR) is 71.2 cm³/mol. The maximum atomic E-state index is 11.6. The average Bonchev–Trinajstić information content (AvgIpc) is 2.86. The number of amides is 2. The Morgan fingerprint density at radius 1 is 1.32 bits per heavy atom. The van der Waals surface area contributed by atoms with Crippen molar-refractivity contribution in [1.29, 1.82) is 0 Å². The molecule has 0 saturated carbocycles. The van der Waals surface area contributed by atoms with Gasteiger partial charge in [0, 0.05) is 5.38 Å². The number of rotatable bonds is 5. The SMILES string of the molecule is NC(=O)c1csc(NC(=O)COc2ccccc2)n1. The third-order valence-electron chi connectivity index (χ3n) is 2.12. The van der Waals surface area contributed by atoms with Gasteiger partial charge in [-0.3, -0.25) is 14.9 Å². The molecule has 1 aromatic heterocycles. The van der Waals surface area contributed by atoms with E-state index in [9.17, 15) is 9.59 Å². The molecule has 6 nitrogen and oxygen atoms in total. The van der Waals surface area contributed by atoms with Crippen LogP contribution in [0.3, 0.4) is 0 Å². The van der Waals surface area contributed by atoms with Crippen molar-refractivity contribution in [3.8, 4) is 5.75 Å². The summed E-state index contributed by atoms with van der Waals surface area (Å²) >= 11 is 1.13. The molecule has 0 saturated heterocycles. The third-order valence-corrected chi connectivity index (χ3v) is 2.87. The Kier molecular flexibility index (Phi) is 4.09. The van der Waals surface area contributed by atoms with Gasteiger partial charge in [-0.15, -0.1) is 11.3 Å². The summed E-state index contributed by atoms with van der Waals surface area (Å²) in [4.78, 5) is 26.3. The van der Waals surface area contributed by atoms with E-state index in [2.05, 4.69) is 10.3 Å². The van der Waals surface area contributed by atoms with Gasteiger partial charge >= 0.3 is 0 Å². The number of aromatic nitrogens is 1. The van der Waals surface area contributed by atoms with Crippen molar-refractivity contribution in [3.05, 3.63) is 41.4 Å². The van der Waals surface area contributed by atoms with Crippen LogP contribution in [0.4, 0.5) is 5.13 Å². The molecule has 0 unspecified atom stereocenters. The average molecular weight is 277 g/mol. The minimum absolute atomic E-state index is 0.129. The Morgan fingerprint density at radius 2 is 2.05 bits per heavy atom. The zero-order valence-corrected chi connectivity index (χ0v) is 10.6. The van der Waals surface area contributed by atoms with Gasteiger partial charge in [0.15, 0.2) is 11.7 Å². The second-order valence-corrected chi connectivity index (χ2v) is 4.41. The molecule has 19 heavy (non-hydrogen) atoms. The van der Waals surface area contributed by atoms with E-state index in [1.54, 1.807) is 12.1 Å². The van der Waals surface area contributed by atoms with E-state index in [1.165, 1.54) is 5.38 Å². The monoisotopic (exact) mass is 277 g/mol. The van der Waals surface area contributed by atoms with Crippen molar-refractivity contribution in [1.82, 2.24) is 4.98 Å².